The van der Waals surface area contributed by atoms with Gasteiger partial charge in [-0.3, -0.25) is 4.79 Å². The summed E-state index contributed by atoms with van der Waals surface area (Å²) in [6, 6.07) is 6.87. The maximum atomic E-state index is 11.9. The van der Waals surface area contributed by atoms with Gasteiger partial charge in [0.1, 0.15) is 5.52 Å². The van der Waals surface area contributed by atoms with Gasteiger partial charge in [0.05, 0.1) is 26.8 Å². The van der Waals surface area contributed by atoms with Crippen molar-refractivity contribution in [2.75, 3.05) is 11.4 Å². The first-order valence-electron chi connectivity index (χ1n) is 8.10. The van der Waals surface area contributed by atoms with Gasteiger partial charge in [-0.25, -0.2) is 4.98 Å². The maximum Gasteiger partial charge on any atom is 0.250 e. The number of fused-ring (bicyclic) bond motifs is 3. The lowest BCUT2D eigenvalue weighted by atomic mass is 10.1. The molecule has 3 aromatic rings. The standard InChI is InChI=1S/C18H15Cl3N4O/c1-9-7-10(19)8-13(21)15(9)24-5-2-6-25-16-11(17(22)26)3-4-12(20)14(16)23-18(24)25/h3-4,7-8H,2,5-6H2,1H3,(H2,22,26). The molecule has 5 nitrogen and oxygen atoms in total. The molecule has 1 aliphatic rings. The van der Waals surface area contributed by atoms with E-state index in [1.54, 1.807) is 18.2 Å². The van der Waals surface area contributed by atoms with E-state index in [4.69, 9.17) is 45.5 Å². The molecule has 0 saturated heterocycles. The molecule has 0 spiro atoms. The Labute approximate surface area is 165 Å². The number of nitrogens with zero attached hydrogens (tertiary/aromatic N) is 3. The zero-order valence-corrected chi connectivity index (χ0v) is 16.2. The number of carbonyl (C=O) groups excluding carboxylic acids is 1. The van der Waals surface area contributed by atoms with E-state index in [1.807, 2.05) is 22.5 Å². The smallest absolute Gasteiger partial charge is 0.250 e. The molecule has 2 aromatic carbocycles. The minimum atomic E-state index is -0.507. The first-order valence-corrected chi connectivity index (χ1v) is 9.23. The zero-order chi connectivity index (χ0) is 18.6. The molecule has 2 heterocycles. The number of halogens is 3. The van der Waals surface area contributed by atoms with Crippen molar-refractivity contribution >= 4 is 63.4 Å². The number of primary amides is 1. The van der Waals surface area contributed by atoms with Crippen molar-refractivity contribution < 1.29 is 4.79 Å². The quantitative estimate of drug-likeness (QED) is 0.651. The largest absolute Gasteiger partial charge is 0.366 e. The minimum absolute atomic E-state index is 0.406. The van der Waals surface area contributed by atoms with Crippen molar-refractivity contribution in [3.63, 3.8) is 0 Å². The molecule has 1 aliphatic heterocycles. The van der Waals surface area contributed by atoms with Gasteiger partial charge in [-0.1, -0.05) is 34.8 Å². The molecule has 0 saturated carbocycles. The summed E-state index contributed by atoms with van der Waals surface area (Å²) in [5.41, 5.74) is 8.99. The summed E-state index contributed by atoms with van der Waals surface area (Å²) in [6.45, 7) is 3.42. The van der Waals surface area contributed by atoms with Crippen LogP contribution in [0.4, 0.5) is 11.6 Å². The first kappa shape index (κ1) is 17.5. The second-order valence-corrected chi connectivity index (χ2v) is 7.53. The van der Waals surface area contributed by atoms with Gasteiger partial charge in [0.25, 0.3) is 5.91 Å². The lowest BCUT2D eigenvalue weighted by molar-refractivity contribution is 0.100. The molecule has 134 valence electrons. The number of rotatable bonds is 2. The van der Waals surface area contributed by atoms with Crippen LogP contribution in [0.25, 0.3) is 11.0 Å². The number of aryl methyl sites for hydroxylation is 2. The fraction of sp³-hybridized carbons (Fsp3) is 0.222. The van der Waals surface area contributed by atoms with E-state index in [-0.39, 0.29) is 0 Å². The Morgan fingerprint density at radius 1 is 1.15 bits per heavy atom. The lowest BCUT2D eigenvalue weighted by Crippen LogP contribution is -2.29. The third-order valence-corrected chi connectivity index (χ3v) is 5.40. The predicted octanol–water partition coefficient (Wildman–Crippen LogP) is 4.95. The summed E-state index contributed by atoms with van der Waals surface area (Å²) in [6.07, 6.45) is 0.863. The summed E-state index contributed by atoms with van der Waals surface area (Å²) < 4.78 is 1.98. The number of amides is 1. The Morgan fingerprint density at radius 3 is 2.62 bits per heavy atom. The number of benzene rings is 2. The molecule has 8 heteroatoms. The highest BCUT2D eigenvalue weighted by Crippen LogP contribution is 2.41. The van der Waals surface area contributed by atoms with Crippen molar-refractivity contribution in [2.45, 2.75) is 19.9 Å². The van der Waals surface area contributed by atoms with E-state index in [0.717, 1.165) is 24.2 Å². The fourth-order valence-corrected chi connectivity index (χ4v) is 4.44. The first-order chi connectivity index (χ1) is 12.4. The van der Waals surface area contributed by atoms with Crippen LogP contribution in [0.1, 0.15) is 22.3 Å². The monoisotopic (exact) mass is 408 g/mol. The maximum absolute atomic E-state index is 11.9. The molecule has 0 unspecified atom stereocenters. The van der Waals surface area contributed by atoms with Crippen molar-refractivity contribution in [2.24, 2.45) is 5.73 Å². The second kappa shape index (κ2) is 6.34. The Morgan fingerprint density at radius 2 is 1.92 bits per heavy atom. The summed E-state index contributed by atoms with van der Waals surface area (Å²) in [4.78, 5) is 18.7. The number of anilines is 2. The highest BCUT2D eigenvalue weighted by atomic mass is 35.5. The number of carbonyl (C=O) groups is 1. The van der Waals surface area contributed by atoms with Crippen LogP contribution in [0.2, 0.25) is 15.1 Å². The summed E-state index contributed by atoms with van der Waals surface area (Å²) in [7, 11) is 0. The fourth-order valence-electron chi connectivity index (χ4n) is 3.55. The van der Waals surface area contributed by atoms with E-state index >= 15 is 0 Å². The lowest BCUT2D eigenvalue weighted by Gasteiger charge is -2.31. The third kappa shape index (κ3) is 2.62. The Bertz CT molecular complexity index is 1040. The Hall–Kier alpha value is -1.95. The molecule has 0 radical (unpaired) electrons. The molecular weight excluding hydrogens is 395 g/mol. The van der Waals surface area contributed by atoms with Crippen LogP contribution < -0.4 is 10.6 Å². The topological polar surface area (TPSA) is 64.2 Å². The molecule has 0 fully saturated rings. The van der Waals surface area contributed by atoms with Gasteiger partial charge in [-0.2, -0.15) is 0 Å². The molecule has 0 bridgehead atoms. The molecular formula is C18H15Cl3N4O. The van der Waals surface area contributed by atoms with Crippen molar-refractivity contribution in [1.29, 1.82) is 0 Å². The van der Waals surface area contributed by atoms with Crippen LogP contribution in [0.3, 0.4) is 0 Å². The van der Waals surface area contributed by atoms with Gasteiger partial charge in [-0.05, 0) is 43.2 Å². The van der Waals surface area contributed by atoms with E-state index in [9.17, 15) is 4.79 Å². The molecule has 4 rings (SSSR count). The normalized spacial score (nSPS) is 13.9. The van der Waals surface area contributed by atoms with Gasteiger partial charge in [0.2, 0.25) is 5.95 Å². The highest BCUT2D eigenvalue weighted by Gasteiger charge is 2.28. The Balaban J connectivity index is 2.00. The minimum Gasteiger partial charge on any atom is -0.366 e. The van der Waals surface area contributed by atoms with Gasteiger partial charge < -0.3 is 15.2 Å². The van der Waals surface area contributed by atoms with E-state index in [2.05, 4.69) is 0 Å². The summed E-state index contributed by atoms with van der Waals surface area (Å²) >= 11 is 18.9. The third-order valence-electron chi connectivity index (χ3n) is 4.58. The van der Waals surface area contributed by atoms with Crippen LogP contribution in [-0.4, -0.2) is 22.0 Å². The number of hydrogen-bond acceptors (Lipinski definition) is 3. The van der Waals surface area contributed by atoms with E-state index in [0.29, 0.717) is 44.2 Å². The summed E-state index contributed by atoms with van der Waals surface area (Å²) in [5, 5.41) is 1.61. The van der Waals surface area contributed by atoms with Gasteiger partial charge in [0, 0.05) is 18.1 Å². The predicted molar refractivity (Wildman–Crippen MR) is 106 cm³/mol. The summed E-state index contributed by atoms with van der Waals surface area (Å²) in [5.74, 6) is 0.182. The number of imidazole rings is 1. The number of nitrogens with two attached hydrogens (primary N) is 1. The van der Waals surface area contributed by atoms with Gasteiger partial charge in [0.15, 0.2) is 0 Å². The molecule has 1 aromatic heterocycles. The molecule has 0 atom stereocenters. The van der Waals surface area contributed by atoms with Crippen LogP contribution >= 0.6 is 34.8 Å². The Kier molecular flexibility index (Phi) is 4.26. The average Bonchev–Trinajstić information content (AvgIpc) is 2.95. The molecule has 2 N–H and O–H groups in total. The second-order valence-electron chi connectivity index (χ2n) is 6.28. The zero-order valence-electron chi connectivity index (χ0n) is 13.9. The van der Waals surface area contributed by atoms with E-state index < -0.39 is 5.91 Å². The SMILES string of the molecule is Cc1cc(Cl)cc(Cl)c1N1CCCn2c1nc1c(Cl)ccc(C(N)=O)c12. The van der Waals surface area contributed by atoms with Crippen LogP contribution in [0, 0.1) is 6.92 Å². The van der Waals surface area contributed by atoms with Crippen LogP contribution in [0.15, 0.2) is 24.3 Å². The van der Waals surface area contributed by atoms with Crippen molar-refractivity contribution in [3.05, 3.63) is 50.5 Å². The van der Waals surface area contributed by atoms with Crippen molar-refractivity contribution in [3.8, 4) is 0 Å². The van der Waals surface area contributed by atoms with Crippen LogP contribution in [-0.2, 0) is 6.54 Å². The van der Waals surface area contributed by atoms with Gasteiger partial charge in [-0.15, -0.1) is 0 Å². The van der Waals surface area contributed by atoms with Crippen molar-refractivity contribution in [1.82, 2.24) is 9.55 Å². The highest BCUT2D eigenvalue weighted by molar-refractivity contribution is 6.37. The van der Waals surface area contributed by atoms with Gasteiger partial charge >= 0.3 is 0 Å². The number of hydrogen-bond donors (Lipinski definition) is 1. The van der Waals surface area contributed by atoms with Crippen LogP contribution in [0.5, 0.6) is 0 Å². The molecule has 1 amide bonds. The average molecular weight is 410 g/mol. The molecule has 0 aliphatic carbocycles. The molecule has 26 heavy (non-hydrogen) atoms. The van der Waals surface area contributed by atoms with E-state index in [1.165, 1.54) is 0 Å². The number of aromatic nitrogens is 2.